The highest BCUT2D eigenvalue weighted by Gasteiger charge is 2.07. The molecular formula is C18H22ClN3O2. The summed E-state index contributed by atoms with van der Waals surface area (Å²) in [5, 5.41) is 3.90. The fourth-order valence-corrected chi connectivity index (χ4v) is 2.30. The highest BCUT2D eigenvalue weighted by atomic mass is 35.5. The van der Waals surface area contributed by atoms with E-state index in [1.165, 1.54) is 6.20 Å². The van der Waals surface area contributed by atoms with Crippen molar-refractivity contribution >= 4 is 17.5 Å². The Labute approximate surface area is 147 Å². The van der Waals surface area contributed by atoms with Crippen molar-refractivity contribution in [1.29, 1.82) is 0 Å². The molecule has 5 nitrogen and oxygen atoms in total. The van der Waals surface area contributed by atoms with Gasteiger partial charge in [-0.05, 0) is 42.6 Å². The predicted molar refractivity (Wildman–Crippen MR) is 95.4 cm³/mol. The monoisotopic (exact) mass is 347 g/mol. The van der Waals surface area contributed by atoms with E-state index in [9.17, 15) is 4.79 Å². The summed E-state index contributed by atoms with van der Waals surface area (Å²) in [5.74, 6) is 1.03. The van der Waals surface area contributed by atoms with Crippen molar-refractivity contribution in [3.05, 3.63) is 52.7 Å². The fourth-order valence-electron chi connectivity index (χ4n) is 2.06. The van der Waals surface area contributed by atoms with Gasteiger partial charge in [0.2, 0.25) is 11.8 Å². The Kier molecular flexibility index (Phi) is 6.58. The van der Waals surface area contributed by atoms with Crippen LogP contribution in [0.2, 0.25) is 5.02 Å². The van der Waals surface area contributed by atoms with Gasteiger partial charge in [-0.15, -0.1) is 0 Å². The van der Waals surface area contributed by atoms with Crippen LogP contribution in [0.5, 0.6) is 11.6 Å². The van der Waals surface area contributed by atoms with Crippen LogP contribution in [0.25, 0.3) is 0 Å². The molecule has 1 heterocycles. The van der Waals surface area contributed by atoms with E-state index in [4.69, 9.17) is 22.1 Å². The molecule has 0 atom stereocenters. The zero-order chi connectivity index (χ0) is 17.5. The number of hydrogen-bond acceptors (Lipinski definition) is 4. The van der Waals surface area contributed by atoms with E-state index < -0.39 is 5.91 Å². The van der Waals surface area contributed by atoms with Crippen molar-refractivity contribution in [1.82, 2.24) is 10.3 Å². The number of nitrogens with two attached hydrogens (primary N) is 1. The molecule has 0 unspecified atom stereocenters. The zero-order valence-electron chi connectivity index (χ0n) is 13.9. The van der Waals surface area contributed by atoms with E-state index in [1.807, 2.05) is 18.2 Å². The van der Waals surface area contributed by atoms with Crippen LogP contribution in [-0.4, -0.2) is 17.4 Å². The molecule has 0 aliphatic carbocycles. The average molecular weight is 348 g/mol. The molecule has 0 aliphatic heterocycles. The molecule has 0 fully saturated rings. The lowest BCUT2D eigenvalue weighted by atomic mass is 10.1. The van der Waals surface area contributed by atoms with Gasteiger partial charge in [0.15, 0.2) is 0 Å². The van der Waals surface area contributed by atoms with Crippen molar-refractivity contribution in [2.45, 2.75) is 26.8 Å². The first-order valence-electron chi connectivity index (χ1n) is 7.88. The van der Waals surface area contributed by atoms with Gasteiger partial charge < -0.3 is 15.8 Å². The Hall–Kier alpha value is -2.11. The molecule has 0 saturated carbocycles. The summed E-state index contributed by atoms with van der Waals surface area (Å²) in [4.78, 5) is 15.1. The Morgan fingerprint density at radius 3 is 2.71 bits per heavy atom. The van der Waals surface area contributed by atoms with Gasteiger partial charge in [0.1, 0.15) is 5.75 Å². The maximum absolute atomic E-state index is 11.0. The second kappa shape index (κ2) is 8.66. The van der Waals surface area contributed by atoms with Crippen LogP contribution in [0.15, 0.2) is 36.5 Å². The number of carbonyl (C=O) groups excluding carboxylic acids is 1. The van der Waals surface area contributed by atoms with E-state index in [0.717, 1.165) is 25.1 Å². The molecule has 0 spiro atoms. The second-order valence-electron chi connectivity index (χ2n) is 5.98. The van der Waals surface area contributed by atoms with Gasteiger partial charge >= 0.3 is 0 Å². The van der Waals surface area contributed by atoms with E-state index in [-0.39, 0.29) is 0 Å². The van der Waals surface area contributed by atoms with Crippen molar-refractivity contribution in [2.24, 2.45) is 11.7 Å². The number of halogens is 1. The first-order chi connectivity index (χ1) is 11.5. The van der Waals surface area contributed by atoms with Crippen LogP contribution in [0.4, 0.5) is 0 Å². The zero-order valence-corrected chi connectivity index (χ0v) is 14.6. The molecule has 1 aromatic heterocycles. The number of aromatic nitrogens is 1. The number of pyridine rings is 1. The quantitative estimate of drug-likeness (QED) is 0.713. The molecule has 0 aliphatic rings. The molecule has 24 heavy (non-hydrogen) atoms. The van der Waals surface area contributed by atoms with Crippen molar-refractivity contribution in [3.63, 3.8) is 0 Å². The van der Waals surface area contributed by atoms with E-state index in [1.54, 1.807) is 12.1 Å². The predicted octanol–water partition coefficient (Wildman–Crippen LogP) is 3.76. The van der Waals surface area contributed by atoms with Crippen LogP contribution in [0, 0.1) is 5.92 Å². The number of nitrogens with one attached hydrogen (secondary N) is 1. The summed E-state index contributed by atoms with van der Waals surface area (Å²) in [6, 6.07) is 8.78. The van der Waals surface area contributed by atoms with Crippen molar-refractivity contribution < 1.29 is 9.53 Å². The highest BCUT2D eigenvalue weighted by molar-refractivity contribution is 6.32. The lowest BCUT2D eigenvalue weighted by Gasteiger charge is -2.10. The number of benzene rings is 1. The molecule has 1 aromatic carbocycles. The third-order valence-electron chi connectivity index (χ3n) is 3.46. The van der Waals surface area contributed by atoms with Gasteiger partial charge in [-0.25, -0.2) is 4.98 Å². The summed E-state index contributed by atoms with van der Waals surface area (Å²) >= 11 is 6.27. The van der Waals surface area contributed by atoms with Gasteiger partial charge in [0.25, 0.3) is 0 Å². The van der Waals surface area contributed by atoms with Crippen LogP contribution in [0.1, 0.15) is 36.2 Å². The maximum Gasteiger partial charge on any atom is 0.250 e. The Morgan fingerprint density at radius 2 is 2.12 bits per heavy atom. The molecule has 6 heteroatoms. The van der Waals surface area contributed by atoms with Gasteiger partial charge in [0, 0.05) is 18.8 Å². The summed E-state index contributed by atoms with van der Waals surface area (Å²) in [6.07, 6.45) is 2.51. The third kappa shape index (κ3) is 5.51. The summed E-state index contributed by atoms with van der Waals surface area (Å²) in [7, 11) is 0. The minimum atomic E-state index is -0.526. The van der Waals surface area contributed by atoms with Crippen LogP contribution < -0.4 is 15.8 Å². The first-order valence-corrected chi connectivity index (χ1v) is 8.26. The van der Waals surface area contributed by atoms with E-state index >= 15 is 0 Å². The van der Waals surface area contributed by atoms with Crippen LogP contribution in [-0.2, 0) is 6.54 Å². The molecule has 2 rings (SSSR count). The SMILES string of the molecule is CC(C)CCNCc1ccc(Oc2ccc(C(N)=O)cn2)c(Cl)c1. The van der Waals surface area contributed by atoms with Crippen LogP contribution in [0.3, 0.4) is 0 Å². The van der Waals surface area contributed by atoms with Crippen LogP contribution >= 0.6 is 11.6 Å². The Morgan fingerprint density at radius 1 is 1.33 bits per heavy atom. The number of primary amides is 1. The van der Waals surface area contributed by atoms with Gasteiger partial charge in [0.05, 0.1) is 10.6 Å². The standard InChI is InChI=1S/C18H22ClN3O2/c1-12(2)7-8-21-10-13-3-5-16(15(19)9-13)24-17-6-4-14(11-22-17)18(20)23/h3-6,9,11-12,21H,7-8,10H2,1-2H3,(H2,20,23). The van der Waals surface area contributed by atoms with Crippen molar-refractivity contribution in [2.75, 3.05) is 6.54 Å². The topological polar surface area (TPSA) is 77.2 Å². The largest absolute Gasteiger partial charge is 0.437 e. The highest BCUT2D eigenvalue weighted by Crippen LogP contribution is 2.29. The number of ether oxygens (including phenoxy) is 1. The normalized spacial score (nSPS) is 10.8. The van der Waals surface area contributed by atoms with Gasteiger partial charge in [-0.2, -0.15) is 0 Å². The summed E-state index contributed by atoms with van der Waals surface area (Å²) in [6.45, 7) is 6.14. The first kappa shape index (κ1) is 18.2. The number of hydrogen-bond donors (Lipinski definition) is 2. The number of carbonyl (C=O) groups is 1. The van der Waals surface area contributed by atoms with E-state index in [0.29, 0.717) is 28.1 Å². The molecule has 0 bridgehead atoms. The van der Waals surface area contributed by atoms with Gasteiger partial charge in [-0.1, -0.05) is 31.5 Å². The van der Waals surface area contributed by atoms with E-state index in [2.05, 4.69) is 24.1 Å². The average Bonchev–Trinajstić information content (AvgIpc) is 2.54. The lowest BCUT2D eigenvalue weighted by molar-refractivity contribution is 0.1000. The molecule has 1 amide bonds. The smallest absolute Gasteiger partial charge is 0.250 e. The molecular weight excluding hydrogens is 326 g/mol. The van der Waals surface area contributed by atoms with Gasteiger partial charge in [-0.3, -0.25) is 4.79 Å². The molecule has 3 N–H and O–H groups in total. The molecule has 0 saturated heterocycles. The number of rotatable bonds is 8. The summed E-state index contributed by atoms with van der Waals surface area (Å²) in [5.41, 5.74) is 6.60. The molecule has 128 valence electrons. The Bertz CT molecular complexity index is 687. The second-order valence-corrected chi connectivity index (χ2v) is 6.38. The molecule has 0 radical (unpaired) electrons. The third-order valence-corrected chi connectivity index (χ3v) is 3.75. The molecule has 2 aromatic rings. The van der Waals surface area contributed by atoms with Crippen molar-refractivity contribution in [3.8, 4) is 11.6 Å². The minimum Gasteiger partial charge on any atom is -0.437 e. The number of nitrogens with zero attached hydrogens (tertiary/aromatic N) is 1. The Balaban J connectivity index is 1.95. The number of amides is 1. The minimum absolute atomic E-state index is 0.330. The lowest BCUT2D eigenvalue weighted by Crippen LogP contribution is -2.16. The fraction of sp³-hybridized carbons (Fsp3) is 0.333. The summed E-state index contributed by atoms with van der Waals surface area (Å²) < 4.78 is 5.64. The maximum atomic E-state index is 11.0.